The van der Waals surface area contributed by atoms with Crippen LogP contribution in [0, 0.1) is 5.92 Å². The lowest BCUT2D eigenvalue weighted by atomic mass is 10.1. The van der Waals surface area contributed by atoms with E-state index in [1.54, 1.807) is 32.0 Å². The zero-order valence-electron chi connectivity index (χ0n) is 10.9. The molecule has 0 heterocycles. The van der Waals surface area contributed by atoms with Gasteiger partial charge in [0.2, 0.25) is 0 Å². The summed E-state index contributed by atoms with van der Waals surface area (Å²) in [6, 6.07) is 8.11. The quantitative estimate of drug-likeness (QED) is 0.600. The van der Waals surface area contributed by atoms with E-state index in [1.165, 1.54) is 12.1 Å². The SMILES string of the molecule is CCOC(=O)C(CC)C(=O)OC(=O)c1ccccc1. The molecule has 0 aliphatic rings. The number of ether oxygens (including phenoxy) is 2. The Morgan fingerprint density at radius 2 is 1.68 bits per heavy atom. The first-order chi connectivity index (χ1) is 9.10. The van der Waals surface area contributed by atoms with E-state index in [2.05, 4.69) is 4.74 Å². The maximum Gasteiger partial charge on any atom is 0.345 e. The molecule has 0 aromatic heterocycles. The minimum Gasteiger partial charge on any atom is -0.465 e. The molecule has 1 aromatic carbocycles. The van der Waals surface area contributed by atoms with Crippen molar-refractivity contribution in [2.75, 3.05) is 6.61 Å². The standard InChI is InChI=1S/C14H16O5/c1-3-11(13(16)18-4-2)14(17)19-12(15)10-8-6-5-7-9-10/h5-9,11H,3-4H2,1-2H3. The van der Waals surface area contributed by atoms with Crippen LogP contribution in [0.4, 0.5) is 0 Å². The van der Waals surface area contributed by atoms with Gasteiger partial charge in [-0.2, -0.15) is 0 Å². The largest absolute Gasteiger partial charge is 0.465 e. The van der Waals surface area contributed by atoms with Crippen LogP contribution in [-0.2, 0) is 19.1 Å². The van der Waals surface area contributed by atoms with Crippen molar-refractivity contribution in [1.82, 2.24) is 0 Å². The Morgan fingerprint density at radius 1 is 1.05 bits per heavy atom. The van der Waals surface area contributed by atoms with Gasteiger partial charge in [-0.05, 0) is 25.5 Å². The molecule has 19 heavy (non-hydrogen) atoms. The summed E-state index contributed by atoms with van der Waals surface area (Å²) < 4.78 is 9.43. The predicted molar refractivity (Wildman–Crippen MR) is 67.3 cm³/mol. The lowest BCUT2D eigenvalue weighted by Gasteiger charge is -2.11. The molecule has 1 unspecified atom stereocenters. The summed E-state index contributed by atoms with van der Waals surface area (Å²) in [4.78, 5) is 34.9. The summed E-state index contributed by atoms with van der Waals surface area (Å²) in [5, 5.41) is 0. The van der Waals surface area contributed by atoms with Gasteiger partial charge in [-0.25, -0.2) is 4.79 Å². The lowest BCUT2D eigenvalue weighted by Crippen LogP contribution is -2.29. The van der Waals surface area contributed by atoms with Gasteiger partial charge in [0.1, 0.15) is 0 Å². The molecule has 0 bridgehead atoms. The molecule has 0 saturated heterocycles. The molecule has 5 nitrogen and oxygen atoms in total. The van der Waals surface area contributed by atoms with E-state index >= 15 is 0 Å². The monoisotopic (exact) mass is 264 g/mol. The van der Waals surface area contributed by atoms with Gasteiger partial charge in [0.25, 0.3) is 0 Å². The number of hydrogen-bond donors (Lipinski definition) is 0. The van der Waals surface area contributed by atoms with Crippen LogP contribution in [0.15, 0.2) is 30.3 Å². The van der Waals surface area contributed by atoms with Crippen LogP contribution in [0.2, 0.25) is 0 Å². The van der Waals surface area contributed by atoms with Gasteiger partial charge in [0, 0.05) is 0 Å². The molecule has 0 amide bonds. The molecular weight excluding hydrogens is 248 g/mol. The summed E-state index contributed by atoms with van der Waals surface area (Å²) in [5.74, 6) is -3.38. The molecule has 0 fully saturated rings. The average molecular weight is 264 g/mol. The number of carbonyl (C=O) groups excluding carboxylic acids is 3. The highest BCUT2D eigenvalue weighted by atomic mass is 16.6. The van der Waals surface area contributed by atoms with Gasteiger partial charge < -0.3 is 9.47 Å². The molecule has 0 aliphatic heterocycles. The maximum atomic E-state index is 11.7. The van der Waals surface area contributed by atoms with Gasteiger partial charge in [-0.3, -0.25) is 9.59 Å². The van der Waals surface area contributed by atoms with Crippen molar-refractivity contribution in [2.45, 2.75) is 20.3 Å². The smallest absolute Gasteiger partial charge is 0.345 e. The van der Waals surface area contributed by atoms with E-state index < -0.39 is 23.8 Å². The Bertz CT molecular complexity index is 452. The van der Waals surface area contributed by atoms with Crippen molar-refractivity contribution in [1.29, 1.82) is 0 Å². The third kappa shape index (κ3) is 4.21. The summed E-state index contributed by atoms with van der Waals surface area (Å²) in [7, 11) is 0. The van der Waals surface area contributed by atoms with E-state index in [9.17, 15) is 14.4 Å². The highest BCUT2D eigenvalue weighted by molar-refractivity contribution is 6.03. The van der Waals surface area contributed by atoms with E-state index in [0.29, 0.717) is 0 Å². The Labute approximate surface area is 111 Å². The van der Waals surface area contributed by atoms with Gasteiger partial charge in [0.15, 0.2) is 5.92 Å². The van der Waals surface area contributed by atoms with E-state index in [0.717, 1.165) is 0 Å². The topological polar surface area (TPSA) is 69.7 Å². The zero-order valence-corrected chi connectivity index (χ0v) is 10.9. The maximum absolute atomic E-state index is 11.7. The number of hydrogen-bond acceptors (Lipinski definition) is 5. The molecule has 1 rings (SSSR count). The fourth-order valence-corrected chi connectivity index (χ4v) is 1.47. The Hall–Kier alpha value is -2.17. The van der Waals surface area contributed by atoms with Crippen molar-refractivity contribution in [3.8, 4) is 0 Å². The third-order valence-electron chi connectivity index (χ3n) is 2.47. The number of esters is 3. The Balaban J connectivity index is 2.68. The first-order valence-corrected chi connectivity index (χ1v) is 6.07. The minimum atomic E-state index is -1.06. The fourth-order valence-electron chi connectivity index (χ4n) is 1.47. The van der Waals surface area contributed by atoms with Crippen LogP contribution in [0.3, 0.4) is 0 Å². The first kappa shape index (κ1) is 14.9. The number of carbonyl (C=O) groups is 3. The summed E-state index contributed by atoms with van der Waals surface area (Å²) >= 11 is 0. The van der Waals surface area contributed by atoms with Crippen LogP contribution in [0.5, 0.6) is 0 Å². The second-order valence-corrected chi connectivity index (χ2v) is 3.79. The number of benzene rings is 1. The van der Waals surface area contributed by atoms with Gasteiger partial charge in [-0.15, -0.1) is 0 Å². The second kappa shape index (κ2) is 7.31. The molecule has 0 spiro atoms. The molecular formula is C14H16O5. The molecule has 0 aliphatic carbocycles. The Morgan fingerprint density at radius 3 is 2.21 bits per heavy atom. The molecule has 5 heteroatoms. The summed E-state index contributed by atoms with van der Waals surface area (Å²) in [5.41, 5.74) is 0.259. The lowest BCUT2D eigenvalue weighted by molar-refractivity contribution is -0.158. The van der Waals surface area contributed by atoms with Crippen LogP contribution in [-0.4, -0.2) is 24.5 Å². The van der Waals surface area contributed by atoms with Gasteiger partial charge >= 0.3 is 17.9 Å². The third-order valence-corrected chi connectivity index (χ3v) is 2.47. The van der Waals surface area contributed by atoms with E-state index in [1.807, 2.05) is 0 Å². The zero-order chi connectivity index (χ0) is 14.3. The van der Waals surface area contributed by atoms with E-state index in [4.69, 9.17) is 4.74 Å². The van der Waals surface area contributed by atoms with Crippen molar-refractivity contribution in [3.05, 3.63) is 35.9 Å². The van der Waals surface area contributed by atoms with Gasteiger partial charge in [-0.1, -0.05) is 25.1 Å². The first-order valence-electron chi connectivity index (χ1n) is 6.07. The molecule has 0 radical (unpaired) electrons. The molecule has 0 N–H and O–H groups in total. The second-order valence-electron chi connectivity index (χ2n) is 3.79. The molecule has 102 valence electrons. The highest BCUT2D eigenvalue weighted by Crippen LogP contribution is 2.10. The van der Waals surface area contributed by atoms with Gasteiger partial charge in [0.05, 0.1) is 12.2 Å². The molecule has 0 saturated carbocycles. The Kier molecular flexibility index (Phi) is 5.73. The van der Waals surface area contributed by atoms with Crippen molar-refractivity contribution in [3.63, 3.8) is 0 Å². The van der Waals surface area contributed by atoms with Crippen molar-refractivity contribution >= 4 is 17.9 Å². The minimum absolute atomic E-state index is 0.176. The summed E-state index contributed by atoms with van der Waals surface area (Å²) in [6.45, 7) is 3.47. The molecule has 1 aromatic rings. The number of rotatable bonds is 5. The van der Waals surface area contributed by atoms with Crippen LogP contribution >= 0.6 is 0 Å². The average Bonchev–Trinajstić information content (AvgIpc) is 2.40. The normalized spacial score (nSPS) is 11.5. The highest BCUT2D eigenvalue weighted by Gasteiger charge is 2.29. The van der Waals surface area contributed by atoms with E-state index in [-0.39, 0.29) is 18.6 Å². The molecule has 1 atom stereocenters. The van der Waals surface area contributed by atoms with Crippen LogP contribution < -0.4 is 0 Å². The predicted octanol–water partition coefficient (Wildman–Crippen LogP) is 1.96. The summed E-state index contributed by atoms with van der Waals surface area (Å²) in [6.07, 6.45) is 0.222. The van der Waals surface area contributed by atoms with Crippen LogP contribution in [0.25, 0.3) is 0 Å². The van der Waals surface area contributed by atoms with Crippen molar-refractivity contribution < 1.29 is 23.9 Å². The van der Waals surface area contributed by atoms with Crippen LogP contribution in [0.1, 0.15) is 30.6 Å². The fraction of sp³-hybridized carbons (Fsp3) is 0.357. The van der Waals surface area contributed by atoms with Crippen molar-refractivity contribution in [2.24, 2.45) is 5.92 Å².